The SMILES string of the molecule is O=C1NC(=O)C2(CCN(Cc3ccccc3)CC2)C1c1ccccc1. The van der Waals surface area contributed by atoms with Gasteiger partial charge in [0.15, 0.2) is 0 Å². The maximum atomic E-state index is 12.7. The van der Waals surface area contributed by atoms with Crippen LogP contribution >= 0.6 is 0 Å². The topological polar surface area (TPSA) is 49.4 Å². The Balaban J connectivity index is 1.53. The predicted octanol–water partition coefficient (Wildman–Crippen LogP) is 2.71. The third-order valence-electron chi connectivity index (χ3n) is 5.63. The maximum Gasteiger partial charge on any atom is 0.235 e. The highest BCUT2D eigenvalue weighted by molar-refractivity contribution is 6.10. The molecule has 1 spiro atoms. The lowest BCUT2D eigenvalue weighted by molar-refractivity contribution is -0.130. The van der Waals surface area contributed by atoms with Crippen molar-refractivity contribution in [3.05, 3.63) is 71.8 Å². The van der Waals surface area contributed by atoms with Gasteiger partial charge in [-0.1, -0.05) is 60.7 Å². The number of hydrogen-bond donors (Lipinski definition) is 1. The first kappa shape index (κ1) is 16.0. The lowest BCUT2D eigenvalue weighted by Gasteiger charge is -2.40. The van der Waals surface area contributed by atoms with Crippen molar-refractivity contribution in [1.82, 2.24) is 10.2 Å². The van der Waals surface area contributed by atoms with E-state index in [9.17, 15) is 9.59 Å². The molecule has 2 aromatic carbocycles. The molecule has 0 radical (unpaired) electrons. The fourth-order valence-electron chi connectivity index (χ4n) is 4.27. The molecule has 2 aliphatic rings. The Morgan fingerprint density at radius 2 is 1.52 bits per heavy atom. The highest BCUT2D eigenvalue weighted by Gasteiger charge is 2.56. The molecule has 128 valence electrons. The zero-order valence-electron chi connectivity index (χ0n) is 14.2. The maximum absolute atomic E-state index is 12.7. The molecule has 1 N–H and O–H groups in total. The minimum Gasteiger partial charge on any atom is -0.299 e. The fourth-order valence-corrected chi connectivity index (χ4v) is 4.27. The van der Waals surface area contributed by atoms with E-state index in [1.54, 1.807) is 0 Å². The summed E-state index contributed by atoms with van der Waals surface area (Å²) in [5.41, 5.74) is 1.64. The van der Waals surface area contributed by atoms with E-state index < -0.39 is 5.41 Å². The second kappa shape index (κ2) is 6.45. The molecule has 4 rings (SSSR count). The summed E-state index contributed by atoms with van der Waals surface area (Å²) < 4.78 is 0. The Kier molecular flexibility index (Phi) is 4.14. The first-order valence-corrected chi connectivity index (χ1v) is 8.85. The molecule has 4 nitrogen and oxygen atoms in total. The number of likely N-dealkylation sites (tertiary alicyclic amines) is 1. The van der Waals surface area contributed by atoms with Gasteiger partial charge in [0.25, 0.3) is 0 Å². The molecule has 2 aromatic rings. The van der Waals surface area contributed by atoms with E-state index >= 15 is 0 Å². The molecule has 0 saturated carbocycles. The summed E-state index contributed by atoms with van der Waals surface area (Å²) in [6.45, 7) is 2.56. The summed E-state index contributed by atoms with van der Waals surface area (Å²) in [5.74, 6) is -0.599. The molecule has 2 saturated heterocycles. The van der Waals surface area contributed by atoms with Gasteiger partial charge in [0.05, 0.1) is 11.3 Å². The summed E-state index contributed by atoms with van der Waals surface area (Å²) in [6, 6.07) is 20.1. The molecular weight excluding hydrogens is 312 g/mol. The van der Waals surface area contributed by atoms with Gasteiger partial charge in [-0.25, -0.2) is 0 Å². The van der Waals surface area contributed by atoms with Crippen LogP contribution in [0.4, 0.5) is 0 Å². The molecule has 25 heavy (non-hydrogen) atoms. The molecule has 0 aromatic heterocycles. The molecule has 4 heteroatoms. The van der Waals surface area contributed by atoms with E-state index in [1.165, 1.54) is 5.56 Å². The van der Waals surface area contributed by atoms with Gasteiger partial charge in [-0.05, 0) is 37.1 Å². The van der Waals surface area contributed by atoms with Crippen molar-refractivity contribution < 1.29 is 9.59 Å². The zero-order valence-corrected chi connectivity index (χ0v) is 14.2. The number of hydrogen-bond acceptors (Lipinski definition) is 3. The number of piperidine rings is 1. The Bertz CT molecular complexity index is 765. The highest BCUT2D eigenvalue weighted by atomic mass is 16.2. The van der Waals surface area contributed by atoms with Gasteiger partial charge in [-0.3, -0.25) is 19.8 Å². The highest BCUT2D eigenvalue weighted by Crippen LogP contribution is 2.48. The largest absolute Gasteiger partial charge is 0.299 e. The van der Waals surface area contributed by atoms with Crippen LogP contribution in [0.5, 0.6) is 0 Å². The zero-order chi connectivity index (χ0) is 17.3. The van der Waals surface area contributed by atoms with Gasteiger partial charge >= 0.3 is 0 Å². The van der Waals surface area contributed by atoms with Gasteiger partial charge in [0, 0.05) is 6.54 Å². The smallest absolute Gasteiger partial charge is 0.235 e. The Morgan fingerprint density at radius 1 is 0.920 bits per heavy atom. The normalized spacial score (nSPS) is 23.0. The number of benzene rings is 2. The molecule has 0 aliphatic carbocycles. The summed E-state index contributed by atoms with van der Waals surface area (Å²) in [4.78, 5) is 27.5. The van der Waals surface area contributed by atoms with Crippen molar-refractivity contribution in [3.63, 3.8) is 0 Å². The number of amides is 2. The van der Waals surface area contributed by atoms with E-state index in [-0.39, 0.29) is 17.7 Å². The number of nitrogens with zero attached hydrogens (tertiary/aromatic N) is 1. The van der Waals surface area contributed by atoms with Crippen LogP contribution in [-0.2, 0) is 16.1 Å². The Labute approximate surface area is 147 Å². The monoisotopic (exact) mass is 334 g/mol. The van der Waals surface area contributed by atoms with E-state index in [0.717, 1.165) is 38.0 Å². The van der Waals surface area contributed by atoms with Crippen molar-refractivity contribution >= 4 is 11.8 Å². The number of imide groups is 1. The number of carbonyl (C=O) groups excluding carboxylic acids is 2. The summed E-state index contributed by atoms with van der Waals surface area (Å²) in [6.07, 6.45) is 1.44. The van der Waals surface area contributed by atoms with Gasteiger partial charge in [-0.2, -0.15) is 0 Å². The third-order valence-corrected chi connectivity index (χ3v) is 5.63. The van der Waals surface area contributed by atoms with Crippen LogP contribution in [0.3, 0.4) is 0 Å². The molecule has 2 aliphatic heterocycles. The standard InChI is InChI=1S/C21H22N2O2/c24-19-18(17-9-5-2-6-10-17)21(20(25)22-19)11-13-23(14-12-21)15-16-7-3-1-4-8-16/h1-10,18H,11-15H2,(H,22,24,25). The van der Waals surface area contributed by atoms with E-state index in [1.807, 2.05) is 36.4 Å². The second-order valence-electron chi connectivity index (χ2n) is 7.08. The Morgan fingerprint density at radius 3 is 2.16 bits per heavy atom. The average molecular weight is 334 g/mol. The van der Waals surface area contributed by atoms with Gasteiger partial charge in [0.1, 0.15) is 0 Å². The van der Waals surface area contributed by atoms with Gasteiger partial charge < -0.3 is 0 Å². The van der Waals surface area contributed by atoms with Crippen LogP contribution in [0.25, 0.3) is 0 Å². The van der Waals surface area contributed by atoms with Crippen LogP contribution in [0.15, 0.2) is 60.7 Å². The van der Waals surface area contributed by atoms with Crippen LogP contribution in [-0.4, -0.2) is 29.8 Å². The first-order chi connectivity index (χ1) is 12.2. The van der Waals surface area contributed by atoms with Crippen LogP contribution in [0.1, 0.15) is 29.9 Å². The average Bonchev–Trinajstić information content (AvgIpc) is 2.88. The lowest BCUT2D eigenvalue weighted by atomic mass is 9.67. The number of rotatable bonds is 3. The minimum atomic E-state index is -0.592. The molecule has 1 atom stereocenters. The lowest BCUT2D eigenvalue weighted by Crippen LogP contribution is -2.45. The summed E-state index contributed by atoms with van der Waals surface area (Å²) in [7, 11) is 0. The molecule has 2 heterocycles. The van der Waals surface area contributed by atoms with Crippen LogP contribution < -0.4 is 5.32 Å². The van der Waals surface area contributed by atoms with Gasteiger partial charge in [0.2, 0.25) is 11.8 Å². The second-order valence-corrected chi connectivity index (χ2v) is 7.08. The minimum absolute atomic E-state index is 0.0919. The van der Waals surface area contributed by atoms with E-state index in [0.29, 0.717) is 0 Å². The van der Waals surface area contributed by atoms with Crippen molar-refractivity contribution in [2.24, 2.45) is 5.41 Å². The third kappa shape index (κ3) is 2.87. The molecule has 2 amide bonds. The van der Waals surface area contributed by atoms with Crippen molar-refractivity contribution in [2.75, 3.05) is 13.1 Å². The quantitative estimate of drug-likeness (QED) is 0.878. The van der Waals surface area contributed by atoms with Crippen molar-refractivity contribution in [3.8, 4) is 0 Å². The van der Waals surface area contributed by atoms with Crippen molar-refractivity contribution in [1.29, 1.82) is 0 Å². The Hall–Kier alpha value is -2.46. The summed E-state index contributed by atoms with van der Waals surface area (Å²) in [5, 5.41) is 2.59. The fraction of sp³-hybridized carbons (Fsp3) is 0.333. The van der Waals surface area contributed by atoms with Crippen molar-refractivity contribution in [2.45, 2.75) is 25.3 Å². The van der Waals surface area contributed by atoms with Gasteiger partial charge in [-0.15, -0.1) is 0 Å². The molecule has 0 bridgehead atoms. The summed E-state index contributed by atoms with van der Waals surface area (Å²) >= 11 is 0. The van der Waals surface area contributed by atoms with Crippen LogP contribution in [0, 0.1) is 5.41 Å². The van der Waals surface area contributed by atoms with E-state index in [4.69, 9.17) is 0 Å². The van der Waals surface area contributed by atoms with E-state index in [2.05, 4.69) is 34.5 Å². The van der Waals surface area contributed by atoms with Crippen LogP contribution in [0.2, 0.25) is 0 Å². The molecule has 1 unspecified atom stereocenters. The molecule has 2 fully saturated rings. The number of nitrogens with one attached hydrogen (secondary N) is 1. The molecular formula is C21H22N2O2. The predicted molar refractivity (Wildman–Crippen MR) is 95.7 cm³/mol. The number of carbonyl (C=O) groups is 2. The first-order valence-electron chi connectivity index (χ1n) is 8.85.